The number of β-lactam (4-membered cyclic amide) rings is 1. The second-order valence-corrected chi connectivity index (χ2v) is 9.51. The Morgan fingerprint density at radius 3 is 2.83 bits per heavy atom. The van der Waals surface area contributed by atoms with Gasteiger partial charge in [0.1, 0.15) is 10.4 Å². The third-order valence-corrected chi connectivity index (χ3v) is 7.57. The number of carbonyl (C=O) groups is 3. The van der Waals surface area contributed by atoms with Gasteiger partial charge in [-0.05, 0) is 6.92 Å². The number of hydrogen-bond donors (Lipinski definition) is 3. The molecular weight excluding hydrogens is 416 g/mol. The fourth-order valence-corrected chi connectivity index (χ4v) is 6.35. The molecule has 2 amide bonds. The molecule has 11 heteroatoms. The second kappa shape index (κ2) is 7.08. The second-order valence-electron chi connectivity index (χ2n) is 7.19. The lowest BCUT2D eigenvalue weighted by atomic mass is 9.79. The first kappa shape index (κ1) is 19.8. The quantitative estimate of drug-likeness (QED) is 0.439. The Kier molecular flexibility index (Phi) is 4.83. The van der Waals surface area contributed by atoms with Crippen LogP contribution in [0.3, 0.4) is 0 Å². The van der Waals surface area contributed by atoms with Crippen LogP contribution < -0.4 is 10.3 Å². The minimum Gasteiger partial charge on any atom is -0.477 e. The number of carboxylic acid groups (broad SMARTS) is 1. The predicted octanol–water partition coefficient (Wildman–Crippen LogP) is 0.315. The summed E-state index contributed by atoms with van der Waals surface area (Å²) in [6.07, 6.45) is 2.64. The standard InChI is InChI=1S/C18H18N4O5S2/c1-7-13-12(8(2)23)16(25)22(13)14(17(26)27)15(7)29-18-20-9-3-4-21(6-11(19)24)5-10(9)28-18/h3-5,7-8,12-13,23H,6H2,1-2H3,(H2-,19,24,26,27)/p+1. The van der Waals surface area contributed by atoms with E-state index in [1.54, 1.807) is 30.0 Å². The lowest BCUT2D eigenvalue weighted by Gasteiger charge is -2.46. The van der Waals surface area contributed by atoms with Gasteiger partial charge in [-0.1, -0.05) is 18.7 Å². The van der Waals surface area contributed by atoms with Crippen molar-refractivity contribution in [2.75, 3.05) is 0 Å². The Bertz CT molecular complexity index is 1080. The van der Waals surface area contributed by atoms with Crippen LogP contribution >= 0.6 is 23.1 Å². The smallest absolute Gasteiger partial charge is 0.353 e. The molecule has 29 heavy (non-hydrogen) atoms. The predicted molar refractivity (Wildman–Crippen MR) is 104 cm³/mol. The topological polar surface area (TPSA) is 138 Å². The van der Waals surface area contributed by atoms with Crippen LogP contribution in [-0.4, -0.2) is 50.0 Å². The molecular formula is C18H19N4O5S2+. The monoisotopic (exact) mass is 435 g/mol. The SMILES string of the molecule is CC(O)C1C(=O)N2C(C(=O)O)=C(Sc3nc4cc[n+](CC(N)=O)cc4s3)C(C)C12. The molecule has 2 aromatic rings. The molecule has 0 bridgehead atoms. The zero-order chi connectivity index (χ0) is 21.0. The minimum atomic E-state index is -1.17. The van der Waals surface area contributed by atoms with Crippen molar-refractivity contribution in [1.29, 1.82) is 0 Å². The van der Waals surface area contributed by atoms with Crippen LogP contribution in [0.2, 0.25) is 0 Å². The highest BCUT2D eigenvalue weighted by Gasteiger charge is 2.60. The highest BCUT2D eigenvalue weighted by molar-refractivity contribution is 8.04. The van der Waals surface area contributed by atoms with Crippen molar-refractivity contribution in [2.24, 2.45) is 17.6 Å². The molecule has 4 rings (SSSR count). The highest BCUT2D eigenvalue weighted by atomic mass is 32.2. The average molecular weight is 436 g/mol. The van der Waals surface area contributed by atoms with E-state index >= 15 is 0 Å². The maximum absolute atomic E-state index is 12.4. The Labute approximate surface area is 173 Å². The number of nitrogens with zero attached hydrogens (tertiary/aromatic N) is 3. The number of aliphatic carboxylic acids is 1. The fourth-order valence-electron chi connectivity index (χ4n) is 3.97. The third-order valence-electron chi connectivity index (χ3n) is 5.22. The maximum atomic E-state index is 12.4. The van der Waals surface area contributed by atoms with E-state index in [-0.39, 0.29) is 30.1 Å². The molecule has 1 saturated heterocycles. The zero-order valence-electron chi connectivity index (χ0n) is 15.6. The van der Waals surface area contributed by atoms with Gasteiger partial charge in [0.15, 0.2) is 16.7 Å². The fraction of sp³-hybridized carbons (Fsp3) is 0.389. The minimum absolute atomic E-state index is 0.0301. The number of carboxylic acids is 1. The van der Waals surface area contributed by atoms with Crippen molar-refractivity contribution >= 4 is 51.1 Å². The first-order valence-corrected chi connectivity index (χ1v) is 10.6. The van der Waals surface area contributed by atoms with E-state index in [2.05, 4.69) is 4.98 Å². The van der Waals surface area contributed by atoms with E-state index in [1.165, 1.54) is 28.0 Å². The van der Waals surface area contributed by atoms with Crippen LogP contribution in [-0.2, 0) is 20.9 Å². The summed E-state index contributed by atoms with van der Waals surface area (Å²) in [4.78, 5) is 41.8. The molecule has 0 saturated carbocycles. The lowest BCUT2D eigenvalue weighted by molar-refractivity contribution is -0.682. The first-order chi connectivity index (χ1) is 13.7. The molecule has 2 aliphatic heterocycles. The average Bonchev–Trinajstić information content (AvgIpc) is 3.11. The van der Waals surface area contributed by atoms with Crippen LogP contribution in [0.25, 0.3) is 10.2 Å². The highest BCUT2D eigenvalue weighted by Crippen LogP contribution is 2.52. The van der Waals surface area contributed by atoms with Crippen molar-refractivity contribution < 1.29 is 29.2 Å². The van der Waals surface area contributed by atoms with Gasteiger partial charge >= 0.3 is 5.97 Å². The molecule has 0 spiro atoms. The molecule has 152 valence electrons. The van der Waals surface area contributed by atoms with Gasteiger partial charge in [-0.15, -0.1) is 11.3 Å². The van der Waals surface area contributed by atoms with E-state index in [0.717, 1.165) is 10.2 Å². The number of aliphatic hydroxyl groups is 1. The summed E-state index contributed by atoms with van der Waals surface area (Å²) in [5.74, 6) is -2.80. The van der Waals surface area contributed by atoms with Gasteiger partial charge in [-0.3, -0.25) is 9.59 Å². The summed E-state index contributed by atoms with van der Waals surface area (Å²) in [7, 11) is 0. The Balaban J connectivity index is 1.67. The van der Waals surface area contributed by atoms with Gasteiger partial charge in [-0.2, -0.15) is 4.57 Å². The summed E-state index contributed by atoms with van der Waals surface area (Å²) >= 11 is 2.61. The number of amides is 2. The number of carbonyl (C=O) groups excluding carboxylic acids is 2. The van der Waals surface area contributed by atoms with E-state index in [4.69, 9.17) is 5.73 Å². The summed E-state index contributed by atoms with van der Waals surface area (Å²) in [6, 6.07) is 1.41. The number of rotatable bonds is 6. The largest absolute Gasteiger partial charge is 0.477 e. The maximum Gasteiger partial charge on any atom is 0.353 e. The van der Waals surface area contributed by atoms with Gasteiger partial charge in [0.05, 0.1) is 23.6 Å². The molecule has 2 aromatic heterocycles. The molecule has 2 aliphatic rings. The van der Waals surface area contributed by atoms with Gasteiger partial charge in [0, 0.05) is 16.9 Å². The number of pyridine rings is 1. The third kappa shape index (κ3) is 3.18. The normalized spacial score (nSPS) is 24.6. The molecule has 4 heterocycles. The Hall–Kier alpha value is -2.50. The lowest BCUT2D eigenvalue weighted by Crippen LogP contribution is -2.63. The van der Waals surface area contributed by atoms with Gasteiger partial charge < -0.3 is 20.8 Å². The molecule has 0 aliphatic carbocycles. The summed E-state index contributed by atoms with van der Waals surface area (Å²) in [5, 5.41) is 19.6. The number of fused-ring (bicyclic) bond motifs is 2. The number of aromatic nitrogens is 2. The summed E-state index contributed by atoms with van der Waals surface area (Å²) in [6.45, 7) is 3.47. The number of primary amides is 1. The summed E-state index contributed by atoms with van der Waals surface area (Å²) < 4.78 is 3.14. The van der Waals surface area contributed by atoms with Crippen LogP contribution in [0.5, 0.6) is 0 Å². The van der Waals surface area contributed by atoms with E-state index in [9.17, 15) is 24.6 Å². The molecule has 0 radical (unpaired) electrons. The van der Waals surface area contributed by atoms with Crippen molar-refractivity contribution in [2.45, 2.75) is 36.9 Å². The molecule has 9 nitrogen and oxygen atoms in total. The van der Waals surface area contributed by atoms with Crippen LogP contribution in [0.4, 0.5) is 0 Å². The molecule has 4 unspecified atom stereocenters. The van der Waals surface area contributed by atoms with Crippen molar-refractivity contribution in [3.8, 4) is 0 Å². The van der Waals surface area contributed by atoms with Crippen LogP contribution in [0.1, 0.15) is 13.8 Å². The Morgan fingerprint density at radius 2 is 2.21 bits per heavy atom. The number of thiazole rings is 1. The van der Waals surface area contributed by atoms with Gasteiger partial charge in [0.25, 0.3) is 5.91 Å². The first-order valence-electron chi connectivity index (χ1n) is 8.93. The van der Waals surface area contributed by atoms with Crippen molar-refractivity contribution in [1.82, 2.24) is 9.88 Å². The van der Waals surface area contributed by atoms with E-state index in [0.29, 0.717) is 9.24 Å². The van der Waals surface area contributed by atoms with Crippen molar-refractivity contribution in [3.05, 3.63) is 29.1 Å². The van der Waals surface area contributed by atoms with Gasteiger partial charge in [-0.25, -0.2) is 9.78 Å². The molecule has 4 N–H and O–H groups in total. The molecule has 1 fully saturated rings. The van der Waals surface area contributed by atoms with Crippen LogP contribution in [0, 0.1) is 11.8 Å². The number of nitrogens with two attached hydrogens (primary N) is 1. The van der Waals surface area contributed by atoms with Gasteiger partial charge in [0.2, 0.25) is 12.5 Å². The summed E-state index contributed by atoms with van der Waals surface area (Å²) in [5.41, 5.74) is 5.92. The molecule has 4 atom stereocenters. The number of hydrogen-bond acceptors (Lipinski definition) is 7. The zero-order valence-corrected chi connectivity index (χ0v) is 17.2. The van der Waals surface area contributed by atoms with Crippen LogP contribution in [0.15, 0.2) is 33.4 Å². The van der Waals surface area contributed by atoms with E-state index < -0.39 is 23.9 Å². The van der Waals surface area contributed by atoms with E-state index in [1.807, 2.05) is 6.92 Å². The number of thioether (sulfide) groups is 1. The van der Waals surface area contributed by atoms with Crippen molar-refractivity contribution in [3.63, 3.8) is 0 Å². The Morgan fingerprint density at radius 1 is 1.48 bits per heavy atom. The molecule has 0 aromatic carbocycles. The number of aliphatic hydroxyl groups excluding tert-OH is 1.